The number of hydrogen-bond donors (Lipinski definition) is 1. The monoisotopic (exact) mass is 224 g/mol. The normalized spacial score (nSPS) is 9.75. The first-order chi connectivity index (χ1) is 7.81. The lowest BCUT2D eigenvalue weighted by Gasteiger charge is -2.03. The highest BCUT2D eigenvalue weighted by Crippen LogP contribution is 2.07. The summed E-state index contributed by atoms with van der Waals surface area (Å²) >= 11 is 0. The van der Waals surface area contributed by atoms with Gasteiger partial charge in [0, 0.05) is 6.54 Å². The van der Waals surface area contributed by atoms with Crippen LogP contribution in [0.5, 0.6) is 0 Å². The van der Waals surface area contributed by atoms with Gasteiger partial charge in [-0.05, 0) is 6.42 Å². The lowest BCUT2D eigenvalue weighted by atomic mass is 10.1. The molecule has 0 aliphatic rings. The largest absolute Gasteiger partial charge is 0.355 e. The fourth-order valence-electron chi connectivity index (χ4n) is 1.62. The first-order valence-corrected chi connectivity index (χ1v) is 6.45. The van der Waals surface area contributed by atoms with Crippen LogP contribution in [0.4, 0.5) is 0 Å². The maximum Gasteiger partial charge on any atom is 0.234 e. The first-order valence-electron chi connectivity index (χ1n) is 6.45. The molecule has 0 aliphatic carbocycles. The molecule has 0 atom stereocenters. The molecular formula is C13H24N2O. The van der Waals surface area contributed by atoms with E-state index in [2.05, 4.69) is 12.2 Å². The van der Waals surface area contributed by atoms with E-state index in [1.807, 2.05) is 6.07 Å². The van der Waals surface area contributed by atoms with E-state index in [1.165, 1.54) is 44.9 Å². The molecule has 0 saturated carbocycles. The predicted octanol–water partition coefficient (Wildman–Crippen LogP) is 3.16. The second-order valence-corrected chi connectivity index (χ2v) is 4.16. The van der Waals surface area contributed by atoms with Crippen LogP contribution in [0.2, 0.25) is 0 Å². The van der Waals surface area contributed by atoms with Crippen molar-refractivity contribution in [2.45, 2.75) is 64.7 Å². The number of nitrogens with zero attached hydrogens (tertiary/aromatic N) is 1. The molecule has 0 bridgehead atoms. The van der Waals surface area contributed by atoms with Crippen molar-refractivity contribution in [1.82, 2.24) is 5.32 Å². The van der Waals surface area contributed by atoms with Gasteiger partial charge in [0.1, 0.15) is 6.42 Å². The van der Waals surface area contributed by atoms with Gasteiger partial charge < -0.3 is 5.32 Å². The van der Waals surface area contributed by atoms with Crippen molar-refractivity contribution < 1.29 is 4.79 Å². The van der Waals surface area contributed by atoms with Crippen LogP contribution in [-0.2, 0) is 4.79 Å². The van der Waals surface area contributed by atoms with Gasteiger partial charge in [-0.15, -0.1) is 0 Å². The van der Waals surface area contributed by atoms with E-state index < -0.39 is 0 Å². The minimum atomic E-state index is -0.148. The zero-order valence-electron chi connectivity index (χ0n) is 10.4. The van der Waals surface area contributed by atoms with Crippen LogP contribution in [0.25, 0.3) is 0 Å². The highest BCUT2D eigenvalue weighted by Gasteiger charge is 1.97. The molecule has 0 spiro atoms. The van der Waals surface area contributed by atoms with Crippen LogP contribution in [0.1, 0.15) is 64.7 Å². The Labute approximate surface area is 99.2 Å². The van der Waals surface area contributed by atoms with E-state index in [4.69, 9.17) is 5.26 Å². The molecule has 0 heterocycles. The van der Waals surface area contributed by atoms with Crippen LogP contribution in [0, 0.1) is 11.3 Å². The number of nitriles is 1. The molecule has 1 N–H and O–H groups in total. The smallest absolute Gasteiger partial charge is 0.234 e. The Morgan fingerprint density at radius 3 is 2.19 bits per heavy atom. The third-order valence-corrected chi connectivity index (χ3v) is 2.59. The fraction of sp³-hybridized carbons (Fsp3) is 0.846. The van der Waals surface area contributed by atoms with Gasteiger partial charge in [0.05, 0.1) is 6.07 Å². The molecule has 0 radical (unpaired) electrons. The van der Waals surface area contributed by atoms with Crippen molar-refractivity contribution in [3.63, 3.8) is 0 Å². The predicted molar refractivity (Wildman–Crippen MR) is 65.8 cm³/mol. The third kappa shape index (κ3) is 11.0. The van der Waals surface area contributed by atoms with E-state index in [9.17, 15) is 4.79 Å². The van der Waals surface area contributed by atoms with Gasteiger partial charge in [-0.25, -0.2) is 0 Å². The van der Waals surface area contributed by atoms with Gasteiger partial charge in [0.15, 0.2) is 0 Å². The van der Waals surface area contributed by atoms with Gasteiger partial charge in [0.25, 0.3) is 0 Å². The van der Waals surface area contributed by atoms with Crippen LogP contribution in [0.15, 0.2) is 0 Å². The Bertz CT molecular complexity index is 208. The Kier molecular flexibility index (Phi) is 11.2. The molecule has 1 amide bonds. The average molecular weight is 224 g/mol. The van der Waals surface area contributed by atoms with Crippen molar-refractivity contribution in [1.29, 1.82) is 5.26 Å². The van der Waals surface area contributed by atoms with Gasteiger partial charge in [-0.1, -0.05) is 51.9 Å². The quantitative estimate of drug-likeness (QED) is 0.579. The van der Waals surface area contributed by atoms with E-state index >= 15 is 0 Å². The summed E-state index contributed by atoms with van der Waals surface area (Å²) in [5.41, 5.74) is 0. The Balaban J connectivity index is 3.04. The number of carbonyl (C=O) groups excluding carboxylic acids is 1. The van der Waals surface area contributed by atoms with Crippen LogP contribution < -0.4 is 5.32 Å². The van der Waals surface area contributed by atoms with Crippen molar-refractivity contribution in [3.8, 4) is 6.07 Å². The summed E-state index contributed by atoms with van der Waals surface area (Å²) < 4.78 is 0. The summed E-state index contributed by atoms with van der Waals surface area (Å²) in [5, 5.41) is 11.0. The van der Waals surface area contributed by atoms with Crippen molar-refractivity contribution in [2.75, 3.05) is 6.54 Å². The molecule has 0 aromatic carbocycles. The molecule has 0 aromatic rings. The number of hydrogen-bond acceptors (Lipinski definition) is 2. The summed E-state index contributed by atoms with van der Waals surface area (Å²) in [4.78, 5) is 10.9. The van der Waals surface area contributed by atoms with Crippen molar-refractivity contribution in [2.24, 2.45) is 0 Å². The van der Waals surface area contributed by atoms with Crippen LogP contribution in [-0.4, -0.2) is 12.5 Å². The summed E-state index contributed by atoms with van der Waals surface area (Å²) in [6.45, 7) is 2.94. The Morgan fingerprint density at radius 1 is 1.06 bits per heavy atom. The van der Waals surface area contributed by atoms with E-state index in [-0.39, 0.29) is 12.3 Å². The highest BCUT2D eigenvalue weighted by atomic mass is 16.1. The van der Waals surface area contributed by atoms with Crippen molar-refractivity contribution in [3.05, 3.63) is 0 Å². The summed E-state index contributed by atoms with van der Waals surface area (Å²) in [6.07, 6.45) is 10.1. The van der Waals surface area contributed by atoms with Gasteiger partial charge >= 0.3 is 0 Å². The van der Waals surface area contributed by atoms with Crippen LogP contribution in [0.3, 0.4) is 0 Å². The molecule has 0 fully saturated rings. The SMILES string of the molecule is CCCCCCCCCCNC(=O)CC#N. The molecule has 92 valence electrons. The van der Waals surface area contributed by atoms with E-state index in [0.29, 0.717) is 0 Å². The molecule has 0 unspecified atom stereocenters. The summed E-state index contributed by atoms with van der Waals surface area (Å²) in [5.74, 6) is -0.148. The molecular weight excluding hydrogens is 200 g/mol. The second kappa shape index (κ2) is 12.0. The lowest BCUT2D eigenvalue weighted by molar-refractivity contribution is -0.120. The maximum absolute atomic E-state index is 10.9. The molecule has 0 aromatic heterocycles. The number of unbranched alkanes of at least 4 members (excludes halogenated alkanes) is 7. The van der Waals surface area contributed by atoms with Gasteiger partial charge in [0.2, 0.25) is 5.91 Å². The number of nitrogens with one attached hydrogen (secondary N) is 1. The third-order valence-electron chi connectivity index (χ3n) is 2.59. The van der Waals surface area contributed by atoms with E-state index in [1.54, 1.807) is 0 Å². The molecule has 0 aliphatic heterocycles. The Morgan fingerprint density at radius 2 is 1.62 bits per heavy atom. The lowest BCUT2D eigenvalue weighted by Crippen LogP contribution is -2.23. The van der Waals surface area contributed by atoms with Crippen molar-refractivity contribution >= 4 is 5.91 Å². The standard InChI is InChI=1S/C13H24N2O/c1-2-3-4-5-6-7-8-9-12-15-13(16)10-11-14/h2-10,12H2,1H3,(H,15,16). The molecule has 0 rings (SSSR count). The topological polar surface area (TPSA) is 52.9 Å². The minimum Gasteiger partial charge on any atom is -0.355 e. The van der Waals surface area contributed by atoms with Gasteiger partial charge in [-0.3, -0.25) is 4.79 Å². The molecule has 16 heavy (non-hydrogen) atoms. The minimum absolute atomic E-state index is 0.0168. The number of amides is 1. The van der Waals surface area contributed by atoms with Gasteiger partial charge in [-0.2, -0.15) is 5.26 Å². The molecule has 3 heteroatoms. The fourth-order valence-corrected chi connectivity index (χ4v) is 1.62. The average Bonchev–Trinajstić information content (AvgIpc) is 2.27. The highest BCUT2D eigenvalue weighted by molar-refractivity contribution is 5.77. The first kappa shape index (κ1) is 15.0. The zero-order chi connectivity index (χ0) is 12.1. The van der Waals surface area contributed by atoms with E-state index in [0.717, 1.165) is 13.0 Å². The Hall–Kier alpha value is -1.04. The molecule has 0 saturated heterocycles. The summed E-state index contributed by atoms with van der Waals surface area (Å²) in [6, 6.07) is 1.84. The van der Waals surface area contributed by atoms with Crippen LogP contribution >= 0.6 is 0 Å². The zero-order valence-corrected chi connectivity index (χ0v) is 10.4. The second-order valence-electron chi connectivity index (χ2n) is 4.16. The summed E-state index contributed by atoms with van der Waals surface area (Å²) in [7, 11) is 0. The number of rotatable bonds is 10. The molecule has 3 nitrogen and oxygen atoms in total. The number of carbonyl (C=O) groups is 1. The maximum atomic E-state index is 10.9.